The van der Waals surface area contributed by atoms with Crippen LogP contribution in [0.4, 0.5) is 5.82 Å². The highest BCUT2D eigenvalue weighted by Gasteiger charge is 2.06. The topological polar surface area (TPSA) is 42.0 Å². The molecule has 3 nitrogen and oxygen atoms in total. The van der Waals surface area contributed by atoms with Crippen molar-refractivity contribution >= 4 is 27.7 Å². The minimum atomic E-state index is -0.146. The van der Waals surface area contributed by atoms with Crippen LogP contribution in [0, 0.1) is 6.92 Å². The van der Waals surface area contributed by atoms with Gasteiger partial charge in [-0.3, -0.25) is 4.79 Å². The van der Waals surface area contributed by atoms with Gasteiger partial charge in [-0.05, 0) is 36.2 Å². The van der Waals surface area contributed by atoms with Gasteiger partial charge in [0.05, 0.1) is 0 Å². The number of aryl methyl sites for hydroxylation is 1. The first-order valence-electron chi connectivity index (χ1n) is 5.58. The van der Waals surface area contributed by atoms with Crippen molar-refractivity contribution in [1.82, 2.24) is 4.98 Å². The number of rotatable bonds is 3. The fourth-order valence-corrected chi connectivity index (χ4v) is 1.85. The SMILES string of the molecule is Cc1ccc(NC(=O)c2ccc(CBr)cc2)nc1. The first kappa shape index (κ1) is 12.8. The highest BCUT2D eigenvalue weighted by molar-refractivity contribution is 9.08. The summed E-state index contributed by atoms with van der Waals surface area (Å²) in [4.78, 5) is 16.1. The van der Waals surface area contributed by atoms with Crippen molar-refractivity contribution in [1.29, 1.82) is 0 Å². The van der Waals surface area contributed by atoms with Crippen LogP contribution in [0.25, 0.3) is 0 Å². The second kappa shape index (κ2) is 5.78. The average Bonchev–Trinajstić information content (AvgIpc) is 2.41. The third-order valence-electron chi connectivity index (χ3n) is 2.52. The largest absolute Gasteiger partial charge is 0.307 e. The molecular weight excluding hydrogens is 292 g/mol. The summed E-state index contributed by atoms with van der Waals surface area (Å²) in [6, 6.07) is 11.2. The van der Waals surface area contributed by atoms with Crippen LogP contribution in [-0.2, 0) is 5.33 Å². The Morgan fingerprint density at radius 2 is 1.94 bits per heavy atom. The Labute approximate surface area is 114 Å². The van der Waals surface area contributed by atoms with Crippen LogP contribution in [0.1, 0.15) is 21.5 Å². The van der Waals surface area contributed by atoms with Gasteiger partial charge in [0.15, 0.2) is 0 Å². The van der Waals surface area contributed by atoms with Crippen LogP contribution in [0.5, 0.6) is 0 Å². The Kier molecular flexibility index (Phi) is 4.10. The van der Waals surface area contributed by atoms with Crippen LogP contribution in [0.3, 0.4) is 0 Å². The number of nitrogens with one attached hydrogen (secondary N) is 1. The van der Waals surface area contributed by atoms with Gasteiger partial charge in [0.25, 0.3) is 5.91 Å². The maximum absolute atomic E-state index is 11.9. The van der Waals surface area contributed by atoms with Crippen LogP contribution < -0.4 is 5.32 Å². The summed E-state index contributed by atoms with van der Waals surface area (Å²) >= 11 is 3.37. The number of hydrogen-bond donors (Lipinski definition) is 1. The predicted octanol–water partition coefficient (Wildman–Crippen LogP) is 3.54. The third-order valence-corrected chi connectivity index (χ3v) is 3.17. The molecule has 0 fully saturated rings. The number of aromatic nitrogens is 1. The summed E-state index contributed by atoms with van der Waals surface area (Å²) in [6.45, 7) is 1.96. The zero-order valence-corrected chi connectivity index (χ0v) is 11.6. The maximum Gasteiger partial charge on any atom is 0.256 e. The Morgan fingerprint density at radius 1 is 1.22 bits per heavy atom. The highest BCUT2D eigenvalue weighted by Crippen LogP contribution is 2.10. The molecule has 0 unspecified atom stereocenters. The van der Waals surface area contributed by atoms with E-state index in [1.165, 1.54) is 0 Å². The summed E-state index contributed by atoms with van der Waals surface area (Å²) in [6.07, 6.45) is 1.73. The van der Waals surface area contributed by atoms with E-state index in [1.807, 2.05) is 25.1 Å². The molecule has 0 radical (unpaired) electrons. The lowest BCUT2D eigenvalue weighted by Gasteiger charge is -2.05. The number of alkyl halides is 1. The number of anilines is 1. The normalized spacial score (nSPS) is 10.1. The van der Waals surface area contributed by atoms with Crippen molar-refractivity contribution in [2.45, 2.75) is 12.3 Å². The number of amides is 1. The number of hydrogen-bond acceptors (Lipinski definition) is 2. The zero-order chi connectivity index (χ0) is 13.0. The van der Waals surface area contributed by atoms with Gasteiger partial charge in [-0.2, -0.15) is 0 Å². The van der Waals surface area contributed by atoms with Crippen LogP contribution >= 0.6 is 15.9 Å². The molecule has 1 aromatic carbocycles. The van der Waals surface area contributed by atoms with E-state index in [9.17, 15) is 4.79 Å². The minimum Gasteiger partial charge on any atom is -0.307 e. The van der Waals surface area contributed by atoms with E-state index in [1.54, 1.807) is 24.4 Å². The number of nitrogens with zero attached hydrogens (tertiary/aromatic N) is 1. The second-order valence-electron chi connectivity index (χ2n) is 4.01. The van der Waals surface area contributed by atoms with E-state index in [4.69, 9.17) is 0 Å². The van der Waals surface area contributed by atoms with Crippen LogP contribution in [0.2, 0.25) is 0 Å². The van der Waals surface area contributed by atoms with E-state index in [2.05, 4.69) is 26.2 Å². The molecule has 0 atom stereocenters. The second-order valence-corrected chi connectivity index (χ2v) is 4.57. The Bertz CT molecular complexity index is 535. The number of carbonyl (C=O) groups excluding carboxylic acids is 1. The highest BCUT2D eigenvalue weighted by atomic mass is 79.9. The van der Waals surface area contributed by atoms with Gasteiger partial charge in [0.2, 0.25) is 0 Å². The number of carbonyl (C=O) groups is 1. The lowest BCUT2D eigenvalue weighted by molar-refractivity contribution is 0.102. The molecule has 1 N–H and O–H groups in total. The molecule has 1 aromatic heterocycles. The van der Waals surface area contributed by atoms with Crippen molar-refractivity contribution < 1.29 is 4.79 Å². The summed E-state index contributed by atoms with van der Waals surface area (Å²) < 4.78 is 0. The summed E-state index contributed by atoms with van der Waals surface area (Å²) in [5.74, 6) is 0.419. The smallest absolute Gasteiger partial charge is 0.256 e. The molecule has 1 amide bonds. The molecule has 2 rings (SSSR count). The first-order chi connectivity index (χ1) is 8.69. The lowest BCUT2D eigenvalue weighted by atomic mass is 10.1. The molecule has 18 heavy (non-hydrogen) atoms. The van der Waals surface area contributed by atoms with Gasteiger partial charge in [0, 0.05) is 17.1 Å². The summed E-state index contributed by atoms with van der Waals surface area (Å²) in [7, 11) is 0. The van der Waals surface area contributed by atoms with Gasteiger partial charge in [0.1, 0.15) is 5.82 Å². The van der Waals surface area contributed by atoms with Gasteiger partial charge in [-0.15, -0.1) is 0 Å². The van der Waals surface area contributed by atoms with Crippen LogP contribution in [-0.4, -0.2) is 10.9 Å². The molecule has 92 valence electrons. The fraction of sp³-hybridized carbons (Fsp3) is 0.143. The maximum atomic E-state index is 11.9. The molecule has 0 saturated carbocycles. The van der Waals surface area contributed by atoms with Gasteiger partial charge in [-0.1, -0.05) is 34.1 Å². The average molecular weight is 305 g/mol. The molecule has 0 spiro atoms. The zero-order valence-electron chi connectivity index (χ0n) is 9.98. The van der Waals surface area contributed by atoms with E-state index in [0.29, 0.717) is 11.4 Å². The van der Waals surface area contributed by atoms with E-state index < -0.39 is 0 Å². The van der Waals surface area contributed by atoms with Crippen molar-refractivity contribution in [3.63, 3.8) is 0 Å². The number of pyridine rings is 1. The monoisotopic (exact) mass is 304 g/mol. The minimum absolute atomic E-state index is 0.146. The fourth-order valence-electron chi connectivity index (χ4n) is 1.48. The predicted molar refractivity (Wildman–Crippen MR) is 76.0 cm³/mol. The summed E-state index contributed by atoms with van der Waals surface area (Å²) in [5.41, 5.74) is 2.83. The standard InChI is InChI=1S/C14H13BrN2O/c1-10-2-7-13(16-9-10)17-14(18)12-5-3-11(8-15)4-6-12/h2-7,9H,8H2,1H3,(H,16,17,18). The van der Waals surface area contributed by atoms with Crippen LogP contribution in [0.15, 0.2) is 42.6 Å². The first-order valence-corrected chi connectivity index (χ1v) is 6.70. The molecule has 0 bridgehead atoms. The molecule has 0 aliphatic carbocycles. The molecular formula is C14H13BrN2O. The number of halogens is 1. The van der Waals surface area contributed by atoms with Gasteiger partial charge < -0.3 is 5.32 Å². The molecule has 2 aromatic rings. The Hall–Kier alpha value is -1.68. The molecule has 1 heterocycles. The quantitative estimate of drug-likeness (QED) is 0.881. The molecule has 0 aliphatic rings. The third kappa shape index (κ3) is 3.17. The van der Waals surface area contributed by atoms with E-state index in [0.717, 1.165) is 16.5 Å². The molecule has 0 saturated heterocycles. The Balaban J connectivity index is 2.09. The van der Waals surface area contributed by atoms with E-state index in [-0.39, 0.29) is 5.91 Å². The van der Waals surface area contributed by atoms with Crippen molar-refractivity contribution in [3.05, 3.63) is 59.3 Å². The van der Waals surface area contributed by atoms with Crippen molar-refractivity contribution in [2.75, 3.05) is 5.32 Å². The Morgan fingerprint density at radius 3 is 2.50 bits per heavy atom. The number of benzene rings is 1. The van der Waals surface area contributed by atoms with E-state index >= 15 is 0 Å². The van der Waals surface area contributed by atoms with Crippen molar-refractivity contribution in [3.8, 4) is 0 Å². The van der Waals surface area contributed by atoms with Gasteiger partial charge >= 0.3 is 0 Å². The van der Waals surface area contributed by atoms with Gasteiger partial charge in [-0.25, -0.2) is 4.98 Å². The molecule has 0 aliphatic heterocycles. The molecule has 4 heteroatoms. The summed E-state index contributed by atoms with van der Waals surface area (Å²) in [5, 5.41) is 3.55. The van der Waals surface area contributed by atoms with Crippen molar-refractivity contribution in [2.24, 2.45) is 0 Å². The lowest BCUT2D eigenvalue weighted by Crippen LogP contribution is -2.12.